The van der Waals surface area contributed by atoms with Gasteiger partial charge in [0.2, 0.25) is 10.0 Å². The van der Waals surface area contributed by atoms with Gasteiger partial charge in [-0.25, -0.2) is 16.8 Å². The summed E-state index contributed by atoms with van der Waals surface area (Å²) in [6.07, 6.45) is 2.67. The molecule has 1 heterocycles. The van der Waals surface area contributed by atoms with Crippen LogP contribution in [0.2, 0.25) is 0 Å². The number of aryl methyl sites for hydroxylation is 2. The number of hydrogen-bond acceptors (Lipinski definition) is 6. The number of hydrogen-bond donors (Lipinski definition) is 1. The molecule has 1 fully saturated rings. The Hall–Kier alpha value is -2.14. The molecule has 2 aromatic carbocycles. The lowest BCUT2D eigenvalue weighted by Gasteiger charge is -2.26. The largest absolute Gasteiger partial charge is 0.491 e. The average Bonchev–Trinajstić information content (AvgIpc) is 2.77. The molecule has 10 heteroatoms. The number of nitrogens with one attached hydrogen (secondary N) is 1. The van der Waals surface area contributed by atoms with Crippen LogP contribution in [0.15, 0.2) is 46.2 Å². The number of nitrogens with zero attached hydrogens (tertiary/aromatic N) is 1. The van der Waals surface area contributed by atoms with Crippen LogP contribution in [-0.2, 0) is 24.8 Å². The zero-order valence-electron chi connectivity index (χ0n) is 18.6. The van der Waals surface area contributed by atoms with Gasteiger partial charge in [-0.15, -0.1) is 0 Å². The van der Waals surface area contributed by atoms with Crippen LogP contribution < -0.4 is 9.46 Å². The first-order valence-electron chi connectivity index (χ1n) is 10.5. The van der Waals surface area contributed by atoms with E-state index in [-0.39, 0.29) is 15.5 Å². The van der Waals surface area contributed by atoms with Crippen LogP contribution in [0.25, 0.3) is 0 Å². The van der Waals surface area contributed by atoms with Crippen molar-refractivity contribution in [3.8, 4) is 5.75 Å². The van der Waals surface area contributed by atoms with Crippen molar-refractivity contribution in [2.24, 2.45) is 0 Å². The highest BCUT2D eigenvalue weighted by molar-refractivity contribution is 7.92. The molecule has 1 aliphatic rings. The molecule has 0 aliphatic carbocycles. The highest BCUT2D eigenvalue weighted by Crippen LogP contribution is 2.28. The smallest absolute Gasteiger partial charge is 0.261 e. The highest BCUT2D eigenvalue weighted by atomic mass is 32.2. The monoisotopic (exact) mass is 482 g/mol. The number of benzene rings is 2. The Bertz CT molecular complexity index is 1160. The molecule has 0 amide bonds. The molecule has 0 saturated carbocycles. The van der Waals surface area contributed by atoms with Gasteiger partial charge in [-0.05, 0) is 68.1 Å². The SMILES string of the molecule is COCCOc1ccc(S(=O)(=O)Nc2cc(S(=O)(=O)N3CCCCC3)ccc2C)cc1C. The van der Waals surface area contributed by atoms with Crippen LogP contribution in [-0.4, -0.2) is 54.6 Å². The predicted molar refractivity (Wildman–Crippen MR) is 123 cm³/mol. The van der Waals surface area contributed by atoms with E-state index in [1.54, 1.807) is 33.1 Å². The summed E-state index contributed by atoms with van der Waals surface area (Å²) in [5.41, 5.74) is 1.53. The lowest BCUT2D eigenvalue weighted by molar-refractivity contribution is 0.146. The van der Waals surface area contributed by atoms with Crippen LogP contribution in [0.4, 0.5) is 5.69 Å². The van der Waals surface area contributed by atoms with Crippen LogP contribution in [0.5, 0.6) is 5.75 Å². The maximum Gasteiger partial charge on any atom is 0.261 e. The molecular weight excluding hydrogens is 452 g/mol. The molecule has 8 nitrogen and oxygen atoms in total. The Morgan fingerprint density at radius 2 is 1.56 bits per heavy atom. The van der Waals surface area contributed by atoms with E-state index in [0.29, 0.717) is 43.2 Å². The lowest BCUT2D eigenvalue weighted by atomic mass is 10.2. The second kappa shape index (κ2) is 10.2. The van der Waals surface area contributed by atoms with Crippen molar-refractivity contribution in [3.05, 3.63) is 47.5 Å². The fourth-order valence-corrected chi connectivity index (χ4v) is 6.27. The van der Waals surface area contributed by atoms with E-state index in [9.17, 15) is 16.8 Å². The van der Waals surface area contributed by atoms with Crippen molar-refractivity contribution in [2.45, 2.75) is 42.9 Å². The minimum atomic E-state index is -3.93. The molecule has 176 valence electrons. The van der Waals surface area contributed by atoms with Crippen molar-refractivity contribution < 1.29 is 26.3 Å². The van der Waals surface area contributed by atoms with E-state index in [4.69, 9.17) is 9.47 Å². The first-order chi connectivity index (χ1) is 15.1. The van der Waals surface area contributed by atoms with Crippen molar-refractivity contribution >= 4 is 25.7 Å². The Kier molecular flexibility index (Phi) is 7.81. The Morgan fingerprint density at radius 1 is 0.875 bits per heavy atom. The number of methoxy groups -OCH3 is 1. The van der Waals surface area contributed by atoms with E-state index in [0.717, 1.165) is 19.3 Å². The highest BCUT2D eigenvalue weighted by Gasteiger charge is 2.27. The summed E-state index contributed by atoms with van der Waals surface area (Å²) >= 11 is 0. The average molecular weight is 483 g/mol. The maximum atomic E-state index is 13.0. The summed E-state index contributed by atoms with van der Waals surface area (Å²) in [6.45, 7) is 5.24. The molecule has 1 aliphatic heterocycles. The fourth-order valence-electron chi connectivity index (χ4n) is 3.52. The van der Waals surface area contributed by atoms with Crippen LogP contribution in [0, 0.1) is 13.8 Å². The van der Waals surface area contributed by atoms with Crippen LogP contribution in [0.1, 0.15) is 30.4 Å². The van der Waals surface area contributed by atoms with Gasteiger partial charge in [0.15, 0.2) is 0 Å². The van der Waals surface area contributed by atoms with E-state index < -0.39 is 20.0 Å². The number of sulfonamides is 2. The number of piperidine rings is 1. The molecule has 0 unspecified atom stereocenters. The number of anilines is 1. The second-order valence-corrected chi connectivity index (χ2v) is 11.4. The van der Waals surface area contributed by atoms with Crippen LogP contribution in [0.3, 0.4) is 0 Å². The maximum absolute atomic E-state index is 13.0. The van der Waals surface area contributed by atoms with E-state index >= 15 is 0 Å². The summed E-state index contributed by atoms with van der Waals surface area (Å²) in [5.74, 6) is 0.576. The van der Waals surface area contributed by atoms with Gasteiger partial charge in [-0.2, -0.15) is 4.31 Å². The zero-order chi connectivity index (χ0) is 23.4. The van der Waals surface area contributed by atoms with Gasteiger partial charge in [0, 0.05) is 20.2 Å². The molecule has 2 aromatic rings. The molecule has 0 radical (unpaired) electrons. The molecular formula is C22H30N2O6S2. The van der Waals surface area contributed by atoms with Crippen molar-refractivity contribution in [2.75, 3.05) is 38.1 Å². The summed E-state index contributed by atoms with van der Waals surface area (Å²) in [6, 6.07) is 9.12. The van der Waals surface area contributed by atoms with Gasteiger partial charge in [0.25, 0.3) is 10.0 Å². The summed E-state index contributed by atoms with van der Waals surface area (Å²) in [5, 5.41) is 0. The molecule has 1 N–H and O–H groups in total. The Balaban J connectivity index is 1.84. The third-order valence-corrected chi connectivity index (χ3v) is 8.67. The summed E-state index contributed by atoms with van der Waals surface area (Å²) in [4.78, 5) is 0.151. The molecule has 32 heavy (non-hydrogen) atoms. The minimum absolute atomic E-state index is 0.0674. The number of ether oxygens (including phenoxy) is 2. The molecule has 0 bridgehead atoms. The number of rotatable bonds is 9. The van der Waals surface area contributed by atoms with E-state index in [1.807, 2.05) is 0 Å². The first-order valence-corrected chi connectivity index (χ1v) is 13.4. The van der Waals surface area contributed by atoms with Gasteiger partial charge in [-0.3, -0.25) is 4.72 Å². The van der Waals surface area contributed by atoms with Gasteiger partial charge in [0.1, 0.15) is 12.4 Å². The molecule has 0 aromatic heterocycles. The topological polar surface area (TPSA) is 102 Å². The lowest BCUT2D eigenvalue weighted by Crippen LogP contribution is -2.35. The third-order valence-electron chi connectivity index (χ3n) is 5.41. The summed E-state index contributed by atoms with van der Waals surface area (Å²) < 4.78 is 66.6. The van der Waals surface area contributed by atoms with Crippen molar-refractivity contribution in [1.29, 1.82) is 0 Å². The summed E-state index contributed by atoms with van der Waals surface area (Å²) in [7, 11) is -6.02. The van der Waals surface area contributed by atoms with E-state index in [2.05, 4.69) is 4.72 Å². The quantitative estimate of drug-likeness (QED) is 0.550. The predicted octanol–water partition coefficient (Wildman–Crippen LogP) is 3.30. The molecule has 3 rings (SSSR count). The first kappa shape index (κ1) is 24.5. The second-order valence-electron chi connectivity index (χ2n) is 7.82. The Labute approximate surface area is 190 Å². The van der Waals surface area contributed by atoms with E-state index in [1.165, 1.54) is 28.6 Å². The van der Waals surface area contributed by atoms with Gasteiger partial charge < -0.3 is 9.47 Å². The normalized spacial score (nSPS) is 15.5. The fraction of sp³-hybridized carbons (Fsp3) is 0.455. The van der Waals surface area contributed by atoms with Gasteiger partial charge in [-0.1, -0.05) is 12.5 Å². The van der Waals surface area contributed by atoms with Gasteiger partial charge >= 0.3 is 0 Å². The molecule has 0 atom stereocenters. The van der Waals surface area contributed by atoms with Gasteiger partial charge in [0.05, 0.1) is 22.1 Å². The van der Waals surface area contributed by atoms with Crippen molar-refractivity contribution in [3.63, 3.8) is 0 Å². The molecule has 1 saturated heterocycles. The molecule has 0 spiro atoms. The van der Waals surface area contributed by atoms with Crippen molar-refractivity contribution in [1.82, 2.24) is 4.31 Å². The minimum Gasteiger partial charge on any atom is -0.491 e. The third kappa shape index (κ3) is 5.61. The van der Waals surface area contributed by atoms with Crippen LogP contribution >= 0.6 is 0 Å². The zero-order valence-corrected chi connectivity index (χ0v) is 20.3. The Morgan fingerprint density at radius 3 is 2.22 bits per heavy atom. The standard InChI is InChI=1S/C22H30N2O6S2/c1-17-7-8-20(32(27,28)24-11-5-4-6-12-24)16-21(17)23-31(25,26)19-9-10-22(18(2)15-19)30-14-13-29-3/h7-10,15-16,23H,4-6,11-14H2,1-3H3.